The third kappa shape index (κ3) is 1.71. The van der Waals surface area contributed by atoms with Crippen molar-refractivity contribution in [1.82, 2.24) is 9.88 Å². The highest BCUT2D eigenvalue weighted by molar-refractivity contribution is 5.83. The Balaban J connectivity index is 1.76. The highest BCUT2D eigenvalue weighted by Gasteiger charge is 2.06. The van der Waals surface area contributed by atoms with Crippen LogP contribution in [0.1, 0.15) is 12.0 Å². The Morgan fingerprint density at radius 1 is 1.25 bits per heavy atom. The fourth-order valence-electron chi connectivity index (χ4n) is 2.33. The molecule has 2 heterocycles. The summed E-state index contributed by atoms with van der Waals surface area (Å²) < 4.78 is 0. The number of hydrogen-bond donors (Lipinski definition) is 1. The van der Waals surface area contributed by atoms with Crippen molar-refractivity contribution in [2.24, 2.45) is 0 Å². The molecular weight excluding hydrogens is 196 g/mol. The molecule has 0 saturated carbocycles. The van der Waals surface area contributed by atoms with E-state index >= 15 is 0 Å². The number of fused-ring (bicyclic) bond motifs is 1. The van der Waals surface area contributed by atoms with Gasteiger partial charge in [-0.2, -0.15) is 0 Å². The highest BCUT2D eigenvalue weighted by Crippen LogP contribution is 2.18. The van der Waals surface area contributed by atoms with Crippen LogP contribution in [0.5, 0.6) is 0 Å². The Labute approximate surface area is 95.6 Å². The van der Waals surface area contributed by atoms with E-state index in [2.05, 4.69) is 52.6 Å². The molecule has 0 bridgehead atoms. The van der Waals surface area contributed by atoms with Crippen molar-refractivity contribution in [3.8, 4) is 0 Å². The predicted octanol–water partition coefficient (Wildman–Crippen LogP) is 2.93. The zero-order chi connectivity index (χ0) is 10.8. The number of hydrogen-bond acceptors (Lipinski definition) is 1. The van der Waals surface area contributed by atoms with Crippen LogP contribution in [0, 0.1) is 0 Å². The average molecular weight is 212 g/mol. The van der Waals surface area contributed by atoms with Gasteiger partial charge in [-0.15, -0.1) is 0 Å². The topological polar surface area (TPSA) is 19.0 Å². The van der Waals surface area contributed by atoms with E-state index < -0.39 is 0 Å². The average Bonchev–Trinajstić information content (AvgIpc) is 2.96. The molecule has 1 N–H and O–H groups in total. The summed E-state index contributed by atoms with van der Waals surface area (Å²) in [5, 5.41) is 1.37. The van der Waals surface area contributed by atoms with Crippen LogP contribution in [-0.4, -0.2) is 23.0 Å². The summed E-state index contributed by atoms with van der Waals surface area (Å²) in [6.45, 7) is 2.31. The van der Waals surface area contributed by atoms with E-state index in [-0.39, 0.29) is 0 Å². The lowest BCUT2D eigenvalue weighted by Crippen LogP contribution is -2.17. The van der Waals surface area contributed by atoms with E-state index in [1.807, 2.05) is 0 Å². The molecule has 3 rings (SSSR count). The Morgan fingerprint density at radius 2 is 2.19 bits per heavy atom. The van der Waals surface area contributed by atoms with Crippen molar-refractivity contribution in [1.29, 1.82) is 0 Å². The summed E-state index contributed by atoms with van der Waals surface area (Å²) in [4.78, 5) is 5.72. The molecule has 0 spiro atoms. The second-order valence-electron chi connectivity index (χ2n) is 4.32. The fraction of sp³-hybridized carbons (Fsp3) is 0.286. The van der Waals surface area contributed by atoms with Crippen LogP contribution in [0.2, 0.25) is 0 Å². The van der Waals surface area contributed by atoms with Crippen molar-refractivity contribution >= 4 is 10.9 Å². The summed E-state index contributed by atoms with van der Waals surface area (Å²) in [6.07, 6.45) is 8.93. The van der Waals surface area contributed by atoms with E-state index in [1.165, 1.54) is 29.4 Å². The van der Waals surface area contributed by atoms with Gasteiger partial charge < -0.3 is 9.88 Å². The summed E-state index contributed by atoms with van der Waals surface area (Å²) >= 11 is 0. The highest BCUT2D eigenvalue weighted by atomic mass is 15.1. The quantitative estimate of drug-likeness (QED) is 0.828. The molecule has 82 valence electrons. The molecule has 0 saturated heterocycles. The molecule has 0 radical (unpaired) electrons. The van der Waals surface area contributed by atoms with E-state index in [1.54, 1.807) is 0 Å². The second-order valence-corrected chi connectivity index (χ2v) is 4.32. The van der Waals surface area contributed by atoms with Gasteiger partial charge in [-0.3, -0.25) is 0 Å². The Kier molecular flexibility index (Phi) is 2.41. The molecule has 16 heavy (non-hydrogen) atoms. The maximum atomic E-state index is 3.33. The molecule has 0 amide bonds. The van der Waals surface area contributed by atoms with E-state index in [9.17, 15) is 0 Å². The number of para-hydroxylation sites is 1. The zero-order valence-corrected chi connectivity index (χ0v) is 9.32. The molecule has 1 aromatic heterocycles. The van der Waals surface area contributed by atoms with Gasteiger partial charge in [-0.05, 0) is 30.7 Å². The van der Waals surface area contributed by atoms with Crippen LogP contribution in [0.4, 0.5) is 0 Å². The van der Waals surface area contributed by atoms with Crippen molar-refractivity contribution in [2.75, 3.05) is 13.1 Å². The fourth-order valence-corrected chi connectivity index (χ4v) is 2.33. The molecule has 1 aliphatic heterocycles. The molecule has 0 atom stereocenters. The third-order valence-corrected chi connectivity index (χ3v) is 3.24. The first-order valence-corrected chi connectivity index (χ1v) is 5.89. The second kappa shape index (κ2) is 4.05. The van der Waals surface area contributed by atoms with Crippen LogP contribution in [-0.2, 0) is 6.42 Å². The summed E-state index contributed by atoms with van der Waals surface area (Å²) in [5.41, 5.74) is 2.67. The van der Waals surface area contributed by atoms with Gasteiger partial charge >= 0.3 is 0 Å². The zero-order valence-electron chi connectivity index (χ0n) is 9.32. The van der Waals surface area contributed by atoms with Crippen LogP contribution >= 0.6 is 0 Å². The van der Waals surface area contributed by atoms with Crippen molar-refractivity contribution < 1.29 is 0 Å². The van der Waals surface area contributed by atoms with Gasteiger partial charge in [0.2, 0.25) is 0 Å². The molecule has 2 heteroatoms. The lowest BCUT2D eigenvalue weighted by Gasteiger charge is -2.14. The van der Waals surface area contributed by atoms with Crippen LogP contribution in [0.25, 0.3) is 10.9 Å². The largest absolute Gasteiger partial charge is 0.377 e. The minimum Gasteiger partial charge on any atom is -0.377 e. The monoisotopic (exact) mass is 212 g/mol. The van der Waals surface area contributed by atoms with E-state index in [0.29, 0.717) is 0 Å². The van der Waals surface area contributed by atoms with E-state index in [0.717, 1.165) is 13.0 Å². The lowest BCUT2D eigenvalue weighted by molar-refractivity contribution is 0.411. The number of aromatic nitrogens is 1. The number of rotatable bonds is 3. The van der Waals surface area contributed by atoms with Crippen molar-refractivity contribution in [2.45, 2.75) is 12.8 Å². The number of nitrogens with one attached hydrogen (secondary N) is 1. The molecule has 2 aromatic rings. The van der Waals surface area contributed by atoms with Crippen LogP contribution in [0.15, 0.2) is 42.7 Å². The number of aromatic amines is 1. The number of H-pyrrole nitrogens is 1. The Bertz CT molecular complexity index is 510. The van der Waals surface area contributed by atoms with Gasteiger partial charge in [-0.1, -0.05) is 24.3 Å². The first kappa shape index (κ1) is 9.52. The van der Waals surface area contributed by atoms with Gasteiger partial charge in [-0.25, -0.2) is 0 Å². The SMILES string of the molecule is C1=CN(CCc2c[nH]c3ccccc23)CC1. The molecule has 1 aromatic carbocycles. The van der Waals surface area contributed by atoms with Gasteiger partial charge in [0, 0.05) is 30.2 Å². The molecule has 2 nitrogen and oxygen atoms in total. The third-order valence-electron chi connectivity index (χ3n) is 3.24. The normalized spacial score (nSPS) is 15.1. The molecule has 0 fully saturated rings. The summed E-state index contributed by atoms with van der Waals surface area (Å²) in [6, 6.07) is 8.51. The smallest absolute Gasteiger partial charge is 0.0456 e. The van der Waals surface area contributed by atoms with Gasteiger partial charge in [0.25, 0.3) is 0 Å². The lowest BCUT2D eigenvalue weighted by atomic mass is 10.1. The van der Waals surface area contributed by atoms with Crippen LogP contribution in [0.3, 0.4) is 0 Å². The Morgan fingerprint density at radius 3 is 3.06 bits per heavy atom. The first-order valence-electron chi connectivity index (χ1n) is 5.89. The Hall–Kier alpha value is -1.70. The van der Waals surface area contributed by atoms with Crippen molar-refractivity contribution in [3.05, 3.63) is 48.3 Å². The van der Waals surface area contributed by atoms with Crippen LogP contribution < -0.4 is 0 Å². The maximum Gasteiger partial charge on any atom is 0.0456 e. The first-order chi connectivity index (χ1) is 7.93. The minimum atomic E-state index is 1.12. The van der Waals surface area contributed by atoms with Crippen molar-refractivity contribution in [3.63, 3.8) is 0 Å². The van der Waals surface area contributed by atoms with E-state index in [4.69, 9.17) is 0 Å². The summed E-state index contributed by atoms with van der Waals surface area (Å²) in [5.74, 6) is 0. The molecular formula is C14H16N2. The van der Waals surface area contributed by atoms with Gasteiger partial charge in [0.1, 0.15) is 0 Å². The number of nitrogens with zero attached hydrogens (tertiary/aromatic N) is 1. The predicted molar refractivity (Wildman–Crippen MR) is 67.3 cm³/mol. The molecule has 0 unspecified atom stereocenters. The number of benzene rings is 1. The minimum absolute atomic E-state index is 1.12. The van der Waals surface area contributed by atoms with Gasteiger partial charge in [0.15, 0.2) is 0 Å². The molecule has 0 aliphatic carbocycles. The maximum absolute atomic E-state index is 3.33. The summed E-state index contributed by atoms with van der Waals surface area (Å²) in [7, 11) is 0. The molecule has 1 aliphatic rings. The standard InChI is InChI=1S/C14H16N2/c1-2-6-14-13(5-1)12(11-15-14)7-10-16-8-3-4-9-16/h1-3,5-6,8,11,15H,4,7,9-10H2. The van der Waals surface area contributed by atoms with Gasteiger partial charge in [0.05, 0.1) is 0 Å².